The largest absolute Gasteiger partial charge is 0.334 e. The van der Waals surface area contributed by atoms with Crippen LogP contribution >= 0.6 is 0 Å². The number of allylic oxidation sites excluding steroid dienone is 1. The normalized spacial score (nSPS) is 10.5. The molecule has 1 rings (SSSR count). The summed E-state index contributed by atoms with van der Waals surface area (Å²) in [7, 11) is 3.70. The van der Waals surface area contributed by atoms with Crippen LogP contribution in [0, 0.1) is 0 Å². The molecule has 1 heterocycles. The van der Waals surface area contributed by atoms with E-state index >= 15 is 0 Å². The number of aryl methyl sites for hydroxylation is 1. The van der Waals surface area contributed by atoms with Crippen molar-refractivity contribution in [1.29, 1.82) is 0 Å². The van der Waals surface area contributed by atoms with Crippen LogP contribution in [0.25, 0.3) is 6.08 Å². The zero-order valence-electron chi connectivity index (χ0n) is 8.73. The number of nitrogens with zero attached hydrogens (tertiary/aromatic N) is 3. The summed E-state index contributed by atoms with van der Waals surface area (Å²) in [5, 5.41) is 0. The molecule has 0 radical (unpaired) electrons. The number of rotatable bonds is 2. The van der Waals surface area contributed by atoms with Crippen molar-refractivity contribution in [2.45, 2.75) is 13.8 Å². The molecular formula is C10H17N3. The van der Waals surface area contributed by atoms with Crippen LogP contribution in [0.4, 0.5) is 0 Å². The number of imidazole rings is 1. The molecule has 0 aliphatic carbocycles. The van der Waals surface area contributed by atoms with Crippen molar-refractivity contribution in [2.75, 3.05) is 7.05 Å². The SMILES string of the molecule is CC.CN=C/C=C\c1cncn1C. The van der Waals surface area contributed by atoms with E-state index in [1.54, 1.807) is 25.8 Å². The van der Waals surface area contributed by atoms with Gasteiger partial charge in [-0.05, 0) is 12.2 Å². The summed E-state index contributed by atoms with van der Waals surface area (Å²) in [6.07, 6.45) is 9.16. The lowest BCUT2D eigenvalue weighted by Gasteiger charge is -1.90. The van der Waals surface area contributed by atoms with Gasteiger partial charge in [-0.25, -0.2) is 4.98 Å². The molecule has 0 N–H and O–H groups in total. The Morgan fingerprint density at radius 2 is 2.15 bits per heavy atom. The van der Waals surface area contributed by atoms with Gasteiger partial charge in [0.2, 0.25) is 0 Å². The molecule has 0 aliphatic rings. The minimum absolute atomic E-state index is 1.07. The zero-order valence-corrected chi connectivity index (χ0v) is 8.73. The van der Waals surface area contributed by atoms with Crippen LogP contribution in [0.3, 0.4) is 0 Å². The minimum atomic E-state index is 1.07. The highest BCUT2D eigenvalue weighted by atomic mass is 15.0. The van der Waals surface area contributed by atoms with Gasteiger partial charge < -0.3 is 4.57 Å². The Morgan fingerprint density at radius 1 is 1.46 bits per heavy atom. The van der Waals surface area contributed by atoms with Crippen LogP contribution in [-0.2, 0) is 7.05 Å². The molecular weight excluding hydrogens is 162 g/mol. The molecule has 1 aromatic heterocycles. The first-order valence-corrected chi connectivity index (χ1v) is 4.39. The number of aromatic nitrogens is 2. The maximum atomic E-state index is 3.97. The lowest BCUT2D eigenvalue weighted by Crippen LogP contribution is -1.86. The Bertz CT molecular complexity index is 271. The van der Waals surface area contributed by atoms with Crippen LogP contribution in [0.2, 0.25) is 0 Å². The minimum Gasteiger partial charge on any atom is -0.334 e. The van der Waals surface area contributed by atoms with Crippen molar-refractivity contribution in [2.24, 2.45) is 12.0 Å². The number of aliphatic imine (C=N–C) groups is 1. The summed E-state index contributed by atoms with van der Waals surface area (Å²) in [6, 6.07) is 0. The van der Waals surface area contributed by atoms with Gasteiger partial charge in [-0.3, -0.25) is 4.99 Å². The highest BCUT2D eigenvalue weighted by Crippen LogP contribution is 1.97. The molecule has 13 heavy (non-hydrogen) atoms. The summed E-state index contributed by atoms with van der Waals surface area (Å²) in [6.45, 7) is 4.00. The number of hydrogen-bond acceptors (Lipinski definition) is 2. The standard InChI is InChI=1S/C8H11N3.C2H6/c1-9-5-3-4-8-6-10-7-11(8)2;1-2/h3-7H,1-2H3;1-2H3/b4-3-,9-5?;. The fourth-order valence-electron chi connectivity index (χ4n) is 0.756. The monoisotopic (exact) mass is 179 g/mol. The van der Waals surface area contributed by atoms with E-state index in [1.165, 1.54) is 0 Å². The van der Waals surface area contributed by atoms with Crippen LogP contribution < -0.4 is 0 Å². The molecule has 0 saturated carbocycles. The first kappa shape index (κ1) is 11.6. The third kappa shape index (κ3) is 4.25. The zero-order chi connectivity index (χ0) is 10.1. The molecule has 1 aromatic rings. The second kappa shape index (κ2) is 7.28. The van der Waals surface area contributed by atoms with Crippen molar-refractivity contribution >= 4 is 12.3 Å². The molecule has 0 saturated heterocycles. The molecule has 0 bridgehead atoms. The van der Waals surface area contributed by atoms with Crippen molar-refractivity contribution < 1.29 is 0 Å². The molecule has 0 unspecified atom stereocenters. The first-order valence-electron chi connectivity index (χ1n) is 4.39. The predicted molar refractivity (Wildman–Crippen MR) is 58.0 cm³/mol. The summed E-state index contributed by atoms with van der Waals surface area (Å²) < 4.78 is 1.94. The third-order valence-electron chi connectivity index (χ3n) is 1.36. The Hall–Kier alpha value is -1.38. The van der Waals surface area contributed by atoms with Crippen LogP contribution in [0.15, 0.2) is 23.6 Å². The van der Waals surface area contributed by atoms with Gasteiger partial charge in [-0.15, -0.1) is 0 Å². The van der Waals surface area contributed by atoms with Crippen LogP contribution in [-0.4, -0.2) is 22.8 Å². The highest BCUT2D eigenvalue weighted by molar-refractivity contribution is 5.77. The summed E-state index contributed by atoms with van der Waals surface area (Å²) >= 11 is 0. The van der Waals surface area contributed by atoms with Gasteiger partial charge in [0.05, 0.1) is 18.2 Å². The topological polar surface area (TPSA) is 30.2 Å². The van der Waals surface area contributed by atoms with Gasteiger partial charge in [-0.2, -0.15) is 0 Å². The first-order chi connectivity index (χ1) is 6.34. The lowest BCUT2D eigenvalue weighted by molar-refractivity contribution is 0.902. The van der Waals surface area contributed by atoms with E-state index < -0.39 is 0 Å². The van der Waals surface area contributed by atoms with Gasteiger partial charge in [-0.1, -0.05) is 13.8 Å². The maximum Gasteiger partial charge on any atom is 0.0948 e. The van der Waals surface area contributed by atoms with Crippen LogP contribution in [0.5, 0.6) is 0 Å². The summed E-state index contributed by atoms with van der Waals surface area (Å²) in [4.78, 5) is 7.79. The number of hydrogen-bond donors (Lipinski definition) is 0. The van der Waals surface area contributed by atoms with E-state index in [0.29, 0.717) is 0 Å². The Labute approximate surface area is 79.8 Å². The van der Waals surface area contributed by atoms with Crippen molar-refractivity contribution in [1.82, 2.24) is 9.55 Å². The molecule has 3 nitrogen and oxygen atoms in total. The van der Waals surface area contributed by atoms with Gasteiger partial charge >= 0.3 is 0 Å². The molecule has 0 aromatic carbocycles. The van der Waals surface area contributed by atoms with E-state index in [-0.39, 0.29) is 0 Å². The molecule has 3 heteroatoms. The molecule has 0 fully saturated rings. The van der Waals surface area contributed by atoms with Gasteiger partial charge in [0.25, 0.3) is 0 Å². The quantitative estimate of drug-likeness (QED) is 0.640. The maximum absolute atomic E-state index is 3.97. The van der Waals surface area contributed by atoms with Crippen molar-refractivity contribution in [3.05, 3.63) is 24.3 Å². The fourth-order valence-corrected chi connectivity index (χ4v) is 0.756. The lowest BCUT2D eigenvalue weighted by atomic mass is 10.4. The average molecular weight is 179 g/mol. The second-order valence-corrected chi connectivity index (χ2v) is 2.20. The molecule has 0 aliphatic heterocycles. The van der Waals surface area contributed by atoms with Gasteiger partial charge in [0.1, 0.15) is 0 Å². The van der Waals surface area contributed by atoms with Crippen LogP contribution in [0.1, 0.15) is 19.5 Å². The van der Waals surface area contributed by atoms with E-state index in [1.807, 2.05) is 37.6 Å². The highest BCUT2D eigenvalue weighted by Gasteiger charge is 1.88. The summed E-state index contributed by atoms with van der Waals surface area (Å²) in [5.74, 6) is 0. The molecule has 72 valence electrons. The molecule has 0 spiro atoms. The second-order valence-electron chi connectivity index (χ2n) is 2.20. The smallest absolute Gasteiger partial charge is 0.0948 e. The Kier molecular flexibility index (Phi) is 6.51. The van der Waals surface area contributed by atoms with E-state index in [4.69, 9.17) is 0 Å². The van der Waals surface area contributed by atoms with Gasteiger partial charge in [0, 0.05) is 20.3 Å². The molecule has 0 atom stereocenters. The van der Waals surface area contributed by atoms with E-state index in [0.717, 1.165) is 5.69 Å². The Balaban J connectivity index is 0.000000671. The average Bonchev–Trinajstić information content (AvgIpc) is 2.56. The Morgan fingerprint density at radius 3 is 2.62 bits per heavy atom. The predicted octanol–water partition coefficient (Wildman–Crippen LogP) is 2.16. The fraction of sp³-hybridized carbons (Fsp3) is 0.400. The molecule has 0 amide bonds. The summed E-state index contributed by atoms with van der Waals surface area (Å²) in [5.41, 5.74) is 1.07. The van der Waals surface area contributed by atoms with Gasteiger partial charge in [0.15, 0.2) is 0 Å². The van der Waals surface area contributed by atoms with E-state index in [2.05, 4.69) is 9.98 Å². The third-order valence-corrected chi connectivity index (χ3v) is 1.36. The van der Waals surface area contributed by atoms with Crippen molar-refractivity contribution in [3.63, 3.8) is 0 Å². The van der Waals surface area contributed by atoms with Crippen molar-refractivity contribution in [3.8, 4) is 0 Å². The van der Waals surface area contributed by atoms with E-state index in [9.17, 15) is 0 Å².